The Balaban J connectivity index is 0.000000232. The number of fused-ring (bicyclic) bond motifs is 1. The fourth-order valence-electron chi connectivity index (χ4n) is 2.32. The Morgan fingerprint density at radius 2 is 0.467 bits per heavy atom. The molecule has 0 amide bonds. The fourth-order valence-corrected chi connectivity index (χ4v) is 2.32. The van der Waals surface area contributed by atoms with Gasteiger partial charge in [-0.2, -0.15) is 0 Å². The third-order valence-electron chi connectivity index (χ3n) is 3.99. The molecule has 0 radical (unpaired) electrons. The van der Waals surface area contributed by atoms with Crippen LogP contribution in [0.2, 0.25) is 0 Å². The highest BCUT2D eigenvalue weighted by molar-refractivity contribution is 5.86. The van der Waals surface area contributed by atoms with E-state index >= 15 is 0 Å². The molecule has 30 heavy (non-hydrogen) atoms. The molecule has 0 aromatic heterocycles. The van der Waals surface area contributed by atoms with Crippen molar-refractivity contribution in [2.24, 2.45) is 0 Å². The predicted molar refractivity (Wildman–Crippen MR) is 79.4 cm³/mol. The minimum Gasteiger partial charge on any atom is -0.206 e. The summed E-state index contributed by atoms with van der Waals surface area (Å²) >= 11 is 0. The Hall–Kier alpha value is -2.92. The van der Waals surface area contributed by atoms with Crippen LogP contribution in [0, 0.1) is 83.7 Å². The first-order chi connectivity index (χ1) is 13.7. The Morgan fingerprint density at radius 3 is 0.867 bits per heavy atom. The first kappa shape index (κ1) is 23.4. The summed E-state index contributed by atoms with van der Waals surface area (Å²) in [5.74, 6) is -23.9. The van der Waals surface area contributed by atoms with E-state index in [0.29, 0.717) is 0 Å². The zero-order chi connectivity index (χ0) is 23.2. The minimum atomic E-state index is -2.33. The summed E-state index contributed by atoms with van der Waals surface area (Å²) in [6.45, 7) is 1.57. The maximum atomic E-state index is 13.5. The van der Waals surface area contributed by atoms with Gasteiger partial charge >= 0.3 is 0 Å². The van der Waals surface area contributed by atoms with Crippen molar-refractivity contribution >= 4 is 10.8 Å². The van der Waals surface area contributed by atoms with Crippen molar-refractivity contribution in [1.82, 2.24) is 0 Å². The fraction of sp³-hybridized carbons (Fsp3) is 0.111. The van der Waals surface area contributed by atoms with Crippen molar-refractivity contribution in [3.63, 3.8) is 0 Å². The average Bonchev–Trinajstić information content (AvgIpc) is 2.73. The molecule has 0 bridgehead atoms. The molecule has 162 valence electrons. The van der Waals surface area contributed by atoms with E-state index in [0.717, 1.165) is 13.8 Å². The quantitative estimate of drug-likeness (QED) is 0.201. The zero-order valence-electron chi connectivity index (χ0n) is 14.5. The Bertz CT molecular complexity index is 965. The second kappa shape index (κ2) is 8.07. The molecule has 0 spiro atoms. The van der Waals surface area contributed by atoms with Gasteiger partial charge in [-0.05, 0) is 13.8 Å². The molecule has 0 saturated heterocycles. The third-order valence-corrected chi connectivity index (χ3v) is 3.99. The van der Waals surface area contributed by atoms with E-state index in [1.54, 1.807) is 0 Å². The van der Waals surface area contributed by atoms with Crippen LogP contribution < -0.4 is 0 Å². The van der Waals surface area contributed by atoms with Crippen molar-refractivity contribution in [1.29, 1.82) is 0 Å². The average molecular weight is 450 g/mol. The van der Waals surface area contributed by atoms with E-state index in [4.69, 9.17) is 0 Å². The largest absolute Gasteiger partial charge is 0.206 e. The van der Waals surface area contributed by atoms with Crippen molar-refractivity contribution in [3.05, 3.63) is 80.9 Å². The molecule has 0 unspecified atom stereocenters. The summed E-state index contributed by atoms with van der Waals surface area (Å²) < 4.78 is 154. The van der Waals surface area contributed by atoms with E-state index in [2.05, 4.69) is 0 Å². The van der Waals surface area contributed by atoms with Crippen LogP contribution in [-0.2, 0) is 0 Å². The van der Waals surface area contributed by atoms with E-state index in [1.165, 1.54) is 0 Å². The third kappa shape index (κ3) is 3.43. The van der Waals surface area contributed by atoms with Gasteiger partial charge in [0.1, 0.15) is 5.82 Å². The summed E-state index contributed by atoms with van der Waals surface area (Å²) in [6, 6.07) is 0. The van der Waals surface area contributed by atoms with Crippen molar-refractivity contribution in [3.8, 4) is 0 Å². The summed E-state index contributed by atoms with van der Waals surface area (Å²) in [7, 11) is 0. The number of hydrogen-bond acceptors (Lipinski definition) is 0. The van der Waals surface area contributed by atoms with Gasteiger partial charge in [0.05, 0.1) is 10.8 Å². The number of halogens is 12. The first-order valence-corrected chi connectivity index (χ1v) is 7.52. The highest BCUT2D eigenvalue weighted by atomic mass is 19.2. The highest BCUT2D eigenvalue weighted by Crippen LogP contribution is 2.33. The van der Waals surface area contributed by atoms with Crippen LogP contribution in [0.4, 0.5) is 52.7 Å². The van der Waals surface area contributed by atoms with Crippen LogP contribution in [-0.4, -0.2) is 0 Å². The first-order valence-electron chi connectivity index (χ1n) is 7.52. The van der Waals surface area contributed by atoms with Gasteiger partial charge in [0.25, 0.3) is 0 Å². The standard InChI is InChI=1S/C11H3F7.C7H3F5/c1-2-5(12)3-4(7(14)6(2)13)9(16)11(18)10(17)8(3)15;1-2-3(8)5(10)7(12)6(11)4(2)9/h1H3;1H3. The molecule has 0 nitrogen and oxygen atoms in total. The molecule has 0 fully saturated rings. The van der Waals surface area contributed by atoms with Crippen molar-refractivity contribution < 1.29 is 52.7 Å². The SMILES string of the molecule is Cc1c(F)c(F)c(F)c(F)c1F.Cc1c(F)c(F)c2c(F)c(F)c(F)c(F)c2c1F. The lowest BCUT2D eigenvalue weighted by molar-refractivity contribution is 0.373. The maximum absolute atomic E-state index is 13.5. The van der Waals surface area contributed by atoms with Crippen LogP contribution in [0.15, 0.2) is 0 Å². The lowest BCUT2D eigenvalue weighted by Crippen LogP contribution is -2.05. The van der Waals surface area contributed by atoms with Gasteiger partial charge in [-0.1, -0.05) is 0 Å². The molecule has 0 heterocycles. The molecule has 3 aromatic carbocycles. The summed E-state index contributed by atoms with van der Waals surface area (Å²) in [4.78, 5) is 0. The van der Waals surface area contributed by atoms with E-state index in [1.807, 2.05) is 0 Å². The van der Waals surface area contributed by atoms with Gasteiger partial charge in [0.15, 0.2) is 58.2 Å². The van der Waals surface area contributed by atoms with Gasteiger partial charge in [0, 0.05) is 11.1 Å². The predicted octanol–water partition coefficient (Wildman–Crippen LogP) is 6.81. The normalized spacial score (nSPS) is 11.0. The molecule has 0 atom stereocenters. The second-order valence-corrected chi connectivity index (χ2v) is 5.77. The lowest BCUT2D eigenvalue weighted by Gasteiger charge is -2.09. The molecule has 12 heteroatoms. The van der Waals surface area contributed by atoms with Crippen molar-refractivity contribution in [2.45, 2.75) is 13.8 Å². The van der Waals surface area contributed by atoms with Gasteiger partial charge in [-0.25, -0.2) is 52.7 Å². The molecule has 0 aliphatic rings. The highest BCUT2D eigenvalue weighted by Gasteiger charge is 2.29. The minimum absolute atomic E-state index is 0.756. The molecular weight excluding hydrogens is 444 g/mol. The number of rotatable bonds is 0. The smallest absolute Gasteiger partial charge is 0.200 e. The zero-order valence-corrected chi connectivity index (χ0v) is 14.5. The summed E-state index contributed by atoms with van der Waals surface area (Å²) in [6.07, 6.45) is 0. The van der Waals surface area contributed by atoms with Crippen LogP contribution >= 0.6 is 0 Å². The van der Waals surface area contributed by atoms with Crippen LogP contribution in [0.1, 0.15) is 11.1 Å². The molecular formula is C18H6F12. The van der Waals surface area contributed by atoms with Crippen molar-refractivity contribution in [2.75, 3.05) is 0 Å². The van der Waals surface area contributed by atoms with Gasteiger partial charge in [0.2, 0.25) is 5.82 Å². The lowest BCUT2D eigenvalue weighted by atomic mass is 10.0. The van der Waals surface area contributed by atoms with E-state index < -0.39 is 91.7 Å². The Kier molecular flexibility index (Phi) is 6.29. The molecule has 0 saturated carbocycles. The van der Waals surface area contributed by atoms with Crippen LogP contribution in [0.5, 0.6) is 0 Å². The molecule has 0 N–H and O–H groups in total. The van der Waals surface area contributed by atoms with E-state index in [9.17, 15) is 52.7 Å². The topological polar surface area (TPSA) is 0 Å². The van der Waals surface area contributed by atoms with Crippen LogP contribution in [0.3, 0.4) is 0 Å². The number of benzene rings is 3. The van der Waals surface area contributed by atoms with Gasteiger partial charge < -0.3 is 0 Å². The van der Waals surface area contributed by atoms with Crippen LogP contribution in [0.25, 0.3) is 10.8 Å². The maximum Gasteiger partial charge on any atom is 0.200 e. The van der Waals surface area contributed by atoms with Gasteiger partial charge in [-0.15, -0.1) is 0 Å². The second-order valence-electron chi connectivity index (χ2n) is 5.77. The molecule has 3 aromatic rings. The Morgan fingerprint density at radius 1 is 0.267 bits per heavy atom. The Labute approximate surface area is 159 Å². The molecule has 0 aliphatic heterocycles. The summed E-state index contributed by atoms with van der Waals surface area (Å²) in [5.41, 5.74) is -1.82. The van der Waals surface area contributed by atoms with Gasteiger partial charge in [-0.3, -0.25) is 0 Å². The van der Waals surface area contributed by atoms with E-state index in [-0.39, 0.29) is 0 Å². The summed E-state index contributed by atoms with van der Waals surface area (Å²) in [5, 5.41) is -3.05. The number of hydrogen-bond donors (Lipinski definition) is 0. The molecule has 3 rings (SSSR count). The molecule has 0 aliphatic carbocycles. The monoisotopic (exact) mass is 450 g/mol.